The monoisotopic (exact) mass is 149 g/mol. The van der Waals surface area contributed by atoms with Crippen LogP contribution in [-0.4, -0.2) is 15.4 Å². The van der Waals surface area contributed by atoms with Gasteiger partial charge in [-0.2, -0.15) is 15.4 Å². The average Bonchev–Trinajstić information content (AvgIpc) is 1.76. The second kappa shape index (κ2) is 7.66. The average molecular weight is 149 g/mol. The van der Waals surface area contributed by atoms with Gasteiger partial charge in [0.05, 0.1) is 12.4 Å². The van der Waals surface area contributed by atoms with Gasteiger partial charge < -0.3 is 0 Å². The molecule has 0 fully saturated rings. The van der Waals surface area contributed by atoms with E-state index in [1.165, 1.54) is 0 Å². The Morgan fingerprint density at radius 1 is 1.00 bits per heavy atom. The van der Waals surface area contributed by atoms with Crippen LogP contribution in [0.2, 0.25) is 0 Å². The number of rotatable bonds is 0. The van der Waals surface area contributed by atoms with Crippen molar-refractivity contribution < 1.29 is 75.5 Å². The van der Waals surface area contributed by atoms with Crippen LogP contribution < -0.4 is 0 Å². The molecule has 0 spiro atoms. The van der Waals surface area contributed by atoms with Gasteiger partial charge in [0.25, 0.3) is 0 Å². The Morgan fingerprint density at radius 3 is 1.57 bits per heavy atom. The molecule has 1 heterocycles. The first kappa shape index (κ1) is 11.5. The van der Waals surface area contributed by atoms with Gasteiger partial charge in [-0.05, 0) is 0 Å². The Hall–Kier alpha value is 1.66. The predicted molar refractivity (Wildman–Crippen MR) is 16.4 cm³/mol. The second-order valence-corrected chi connectivity index (χ2v) is 0.656. The zero-order chi connectivity index (χ0) is 3.54. The molecule has 0 radical (unpaired) electrons. The van der Waals surface area contributed by atoms with Gasteiger partial charge in [0.1, 0.15) is 0 Å². The Balaban J connectivity index is 0. The van der Waals surface area contributed by atoms with E-state index in [2.05, 4.69) is 15.4 Å². The summed E-state index contributed by atoms with van der Waals surface area (Å²) in [5, 5.41) is 9.33. The van der Waals surface area contributed by atoms with Gasteiger partial charge in [0.15, 0.2) is 0 Å². The largest absolute Gasteiger partial charge is 0.198 e. The van der Waals surface area contributed by atoms with E-state index < -0.39 is 0 Å². The summed E-state index contributed by atoms with van der Waals surface area (Å²) < 4.78 is 0. The number of hydrogen-bond donors (Lipinski definition) is 1. The van der Waals surface area contributed by atoms with Crippen molar-refractivity contribution in [1.82, 2.24) is 15.4 Å². The molecular formula is C2H3Ar2N3. The van der Waals surface area contributed by atoms with Crippen LogP contribution in [0.25, 0.3) is 0 Å². The standard InChI is InChI=1S/C2H3N3.2Ar/c1-2-4-5-3-1;;/h1-2H,(H,3,4,5);;. The van der Waals surface area contributed by atoms with Crippen molar-refractivity contribution in [2.24, 2.45) is 0 Å². The fourth-order valence-corrected chi connectivity index (χ4v) is 0.167. The molecule has 5 heteroatoms. The SMILES string of the molecule is [Ar].[Ar].c1cn[nH]n1. The van der Waals surface area contributed by atoms with E-state index in [0.29, 0.717) is 0 Å². The maximum absolute atomic E-state index is 3.49. The molecule has 3 nitrogen and oxygen atoms in total. The fourth-order valence-electron chi connectivity index (χ4n) is 0.167. The van der Waals surface area contributed by atoms with E-state index >= 15 is 0 Å². The molecule has 1 N–H and O–H groups in total. The van der Waals surface area contributed by atoms with Gasteiger partial charge in [-0.1, -0.05) is 0 Å². The van der Waals surface area contributed by atoms with Crippen LogP contribution >= 0.6 is 0 Å². The minimum absolute atomic E-state index is 0. The third-order valence-corrected chi connectivity index (χ3v) is 0.331. The second-order valence-electron chi connectivity index (χ2n) is 0.656. The molecule has 42 valence electrons. The molecule has 7 heavy (non-hydrogen) atoms. The van der Waals surface area contributed by atoms with Crippen molar-refractivity contribution in [1.29, 1.82) is 0 Å². The van der Waals surface area contributed by atoms with Crippen LogP contribution in [0.3, 0.4) is 0 Å². The van der Waals surface area contributed by atoms with Gasteiger partial charge >= 0.3 is 0 Å². The Bertz CT molecular complexity index is 67.4. The number of H-pyrrole nitrogens is 1. The molecule has 1 aromatic rings. The first-order valence-electron chi connectivity index (χ1n) is 1.30. The summed E-state index contributed by atoms with van der Waals surface area (Å²) in [6.45, 7) is 0. The molecule has 0 atom stereocenters. The first-order chi connectivity index (χ1) is 2.50. The van der Waals surface area contributed by atoms with Crippen molar-refractivity contribution in [3.05, 3.63) is 12.4 Å². The Morgan fingerprint density at radius 2 is 1.43 bits per heavy atom. The van der Waals surface area contributed by atoms with Crippen molar-refractivity contribution in [2.45, 2.75) is 0 Å². The zero-order valence-corrected chi connectivity index (χ0v) is 4.67. The molecule has 1 aromatic heterocycles. The summed E-state index contributed by atoms with van der Waals surface area (Å²) in [5.74, 6) is 0. The summed E-state index contributed by atoms with van der Waals surface area (Å²) in [4.78, 5) is 0. The Labute approximate surface area is 101 Å². The van der Waals surface area contributed by atoms with Crippen molar-refractivity contribution in [2.75, 3.05) is 0 Å². The summed E-state index contributed by atoms with van der Waals surface area (Å²) in [5.41, 5.74) is 0. The predicted octanol–water partition coefficient (Wildman–Crippen LogP) is -0.195. The smallest absolute Gasteiger partial charge is 0.0690 e. The third kappa shape index (κ3) is 5.53. The summed E-state index contributed by atoms with van der Waals surface area (Å²) >= 11 is 0. The van der Waals surface area contributed by atoms with E-state index in [0.717, 1.165) is 0 Å². The number of aromatic amines is 1. The molecule has 0 aliphatic heterocycles. The van der Waals surface area contributed by atoms with Gasteiger partial charge in [0, 0.05) is 75.5 Å². The summed E-state index contributed by atoms with van der Waals surface area (Å²) in [7, 11) is 0. The van der Waals surface area contributed by atoms with Gasteiger partial charge in [0.2, 0.25) is 0 Å². The third-order valence-electron chi connectivity index (χ3n) is 0.331. The van der Waals surface area contributed by atoms with Crippen molar-refractivity contribution in [3.8, 4) is 0 Å². The Kier molecular flexibility index (Phi) is 12.5. The zero-order valence-electron chi connectivity index (χ0n) is 3.26. The molecule has 0 aliphatic rings. The minimum Gasteiger partial charge on any atom is -0.198 e. The van der Waals surface area contributed by atoms with E-state index in [-0.39, 0.29) is 75.5 Å². The quantitative estimate of drug-likeness (QED) is 0.555. The summed E-state index contributed by atoms with van der Waals surface area (Å²) in [6, 6.07) is 0. The normalized spacial score (nSPS) is 5.71. The van der Waals surface area contributed by atoms with Crippen LogP contribution in [0, 0.1) is 75.5 Å². The number of aromatic nitrogens is 3. The topological polar surface area (TPSA) is 41.6 Å². The number of hydrogen-bond acceptors (Lipinski definition) is 2. The van der Waals surface area contributed by atoms with Crippen LogP contribution in [0.1, 0.15) is 0 Å². The van der Waals surface area contributed by atoms with Gasteiger partial charge in [-0.3, -0.25) is 0 Å². The number of nitrogens with zero attached hydrogens (tertiary/aromatic N) is 2. The molecule has 0 amide bonds. The molecule has 1 rings (SSSR count). The van der Waals surface area contributed by atoms with Crippen LogP contribution in [0.4, 0.5) is 0 Å². The molecule has 0 bridgehead atoms. The van der Waals surface area contributed by atoms with E-state index in [1.807, 2.05) is 0 Å². The maximum Gasteiger partial charge on any atom is 0.0690 e. The maximum atomic E-state index is 3.49. The molecule has 0 unspecified atom stereocenters. The summed E-state index contributed by atoms with van der Waals surface area (Å²) in [6.07, 6.45) is 3.17. The fraction of sp³-hybridized carbons (Fsp3) is 0. The van der Waals surface area contributed by atoms with Crippen LogP contribution in [0.15, 0.2) is 12.4 Å². The van der Waals surface area contributed by atoms with E-state index in [9.17, 15) is 0 Å². The first-order valence-corrected chi connectivity index (χ1v) is 1.30. The molecule has 0 saturated heterocycles. The van der Waals surface area contributed by atoms with Crippen molar-refractivity contribution in [3.63, 3.8) is 0 Å². The van der Waals surface area contributed by atoms with Gasteiger partial charge in [-0.25, -0.2) is 0 Å². The molecule has 0 aliphatic carbocycles. The molecule has 0 saturated carbocycles. The molecule has 0 aromatic carbocycles. The molecular weight excluding hydrogens is 146 g/mol. The van der Waals surface area contributed by atoms with Crippen LogP contribution in [0.5, 0.6) is 0 Å². The van der Waals surface area contributed by atoms with E-state index in [4.69, 9.17) is 0 Å². The van der Waals surface area contributed by atoms with Gasteiger partial charge in [-0.15, -0.1) is 0 Å². The van der Waals surface area contributed by atoms with Crippen molar-refractivity contribution >= 4 is 0 Å². The van der Waals surface area contributed by atoms with Crippen LogP contribution in [-0.2, 0) is 0 Å². The number of nitrogens with one attached hydrogen (secondary N) is 1. The van der Waals surface area contributed by atoms with E-state index in [1.54, 1.807) is 12.4 Å². The minimum atomic E-state index is 0.